The molecule has 144 valence electrons. The third kappa shape index (κ3) is 3.63. The molecule has 1 aliphatic heterocycles. The Morgan fingerprint density at radius 1 is 0.964 bits per heavy atom. The van der Waals surface area contributed by atoms with Gasteiger partial charge in [-0.3, -0.25) is 9.59 Å². The van der Waals surface area contributed by atoms with Crippen molar-refractivity contribution >= 4 is 22.8 Å². The summed E-state index contributed by atoms with van der Waals surface area (Å²) < 4.78 is 5.28. The van der Waals surface area contributed by atoms with Gasteiger partial charge in [0.05, 0.1) is 6.42 Å². The van der Waals surface area contributed by atoms with E-state index in [1.165, 1.54) is 5.56 Å². The molecule has 6 heteroatoms. The van der Waals surface area contributed by atoms with Gasteiger partial charge in [-0.05, 0) is 36.2 Å². The molecule has 0 atom stereocenters. The number of amides is 2. The minimum atomic E-state index is 0.0125. The molecule has 1 fully saturated rings. The van der Waals surface area contributed by atoms with Gasteiger partial charge < -0.3 is 14.3 Å². The van der Waals surface area contributed by atoms with Gasteiger partial charge >= 0.3 is 0 Å². The number of para-hydroxylation sites is 1. The van der Waals surface area contributed by atoms with Crippen LogP contribution in [0.25, 0.3) is 11.0 Å². The smallest absolute Gasteiger partial charge is 0.253 e. The van der Waals surface area contributed by atoms with Crippen molar-refractivity contribution in [3.05, 3.63) is 65.4 Å². The van der Waals surface area contributed by atoms with Crippen molar-refractivity contribution in [1.29, 1.82) is 0 Å². The third-order valence-corrected chi connectivity index (χ3v) is 5.30. The van der Waals surface area contributed by atoms with Crippen LogP contribution in [-0.4, -0.2) is 52.9 Å². The van der Waals surface area contributed by atoms with Gasteiger partial charge in [-0.25, -0.2) is 0 Å². The molecule has 2 heterocycles. The quantitative estimate of drug-likeness (QED) is 0.701. The zero-order valence-electron chi connectivity index (χ0n) is 15.9. The Kier molecular flexibility index (Phi) is 5.10. The number of benzene rings is 2. The number of hydrogen-bond donors (Lipinski definition) is 0. The van der Waals surface area contributed by atoms with Crippen molar-refractivity contribution in [1.82, 2.24) is 15.0 Å². The van der Waals surface area contributed by atoms with E-state index in [4.69, 9.17) is 4.52 Å². The van der Waals surface area contributed by atoms with Crippen LogP contribution >= 0.6 is 0 Å². The van der Waals surface area contributed by atoms with E-state index in [9.17, 15) is 9.59 Å². The lowest BCUT2D eigenvalue weighted by atomic mass is 10.1. The summed E-state index contributed by atoms with van der Waals surface area (Å²) in [6.07, 6.45) is 1.17. The molecule has 0 saturated carbocycles. The van der Waals surface area contributed by atoms with E-state index in [0.29, 0.717) is 43.0 Å². The first-order valence-corrected chi connectivity index (χ1v) is 9.65. The first-order valence-electron chi connectivity index (χ1n) is 9.65. The summed E-state index contributed by atoms with van der Waals surface area (Å²) in [4.78, 5) is 29.0. The second-order valence-electron chi connectivity index (χ2n) is 7.03. The summed E-state index contributed by atoms with van der Waals surface area (Å²) in [5.74, 6) is 0.0377. The molecule has 0 radical (unpaired) electrons. The number of piperazine rings is 1. The van der Waals surface area contributed by atoms with E-state index in [0.717, 1.165) is 11.8 Å². The molecule has 1 aliphatic rings. The normalized spacial score (nSPS) is 14.5. The molecule has 0 spiro atoms. The zero-order chi connectivity index (χ0) is 19.5. The predicted octanol–water partition coefficient (Wildman–Crippen LogP) is 2.92. The second-order valence-corrected chi connectivity index (χ2v) is 7.03. The van der Waals surface area contributed by atoms with Crippen molar-refractivity contribution in [3.8, 4) is 0 Å². The first kappa shape index (κ1) is 18.2. The molecule has 0 aliphatic carbocycles. The highest BCUT2D eigenvalue weighted by atomic mass is 16.5. The highest BCUT2D eigenvalue weighted by Crippen LogP contribution is 2.19. The van der Waals surface area contributed by atoms with Gasteiger partial charge in [0, 0.05) is 37.1 Å². The van der Waals surface area contributed by atoms with E-state index >= 15 is 0 Å². The van der Waals surface area contributed by atoms with Crippen molar-refractivity contribution in [3.63, 3.8) is 0 Å². The average molecular weight is 377 g/mol. The Labute approximate surface area is 163 Å². The fourth-order valence-corrected chi connectivity index (χ4v) is 3.55. The van der Waals surface area contributed by atoms with Gasteiger partial charge in [0.2, 0.25) is 5.91 Å². The maximum atomic E-state index is 12.7. The van der Waals surface area contributed by atoms with E-state index < -0.39 is 0 Å². The van der Waals surface area contributed by atoms with Crippen LogP contribution in [0.2, 0.25) is 0 Å². The second kappa shape index (κ2) is 7.84. The molecular weight excluding hydrogens is 354 g/mol. The Balaban J connectivity index is 1.35. The van der Waals surface area contributed by atoms with Crippen LogP contribution < -0.4 is 0 Å². The minimum Gasteiger partial charge on any atom is -0.356 e. The average Bonchev–Trinajstić information content (AvgIpc) is 3.16. The van der Waals surface area contributed by atoms with Gasteiger partial charge in [0.1, 0.15) is 5.69 Å². The maximum absolute atomic E-state index is 12.7. The molecule has 0 N–H and O–H groups in total. The largest absolute Gasteiger partial charge is 0.356 e. The Hall–Kier alpha value is -3.15. The molecule has 0 unspecified atom stereocenters. The van der Waals surface area contributed by atoms with Crippen molar-refractivity contribution < 1.29 is 14.1 Å². The van der Waals surface area contributed by atoms with Gasteiger partial charge in [0.15, 0.2) is 5.58 Å². The number of hydrogen-bond acceptors (Lipinski definition) is 4. The summed E-state index contributed by atoms with van der Waals surface area (Å²) >= 11 is 0. The van der Waals surface area contributed by atoms with E-state index in [1.807, 2.05) is 53.4 Å². The number of carbonyl (C=O) groups excluding carboxylic acids is 2. The Bertz CT molecular complexity index is 986. The molecular formula is C22H23N3O3. The van der Waals surface area contributed by atoms with Crippen LogP contribution in [0.5, 0.6) is 0 Å². The summed E-state index contributed by atoms with van der Waals surface area (Å²) in [5.41, 5.74) is 3.27. The van der Waals surface area contributed by atoms with Crippen molar-refractivity contribution in [2.24, 2.45) is 0 Å². The summed E-state index contributed by atoms with van der Waals surface area (Å²) in [7, 11) is 0. The highest BCUT2D eigenvalue weighted by molar-refractivity contribution is 5.94. The third-order valence-electron chi connectivity index (χ3n) is 5.30. The predicted molar refractivity (Wildman–Crippen MR) is 106 cm³/mol. The van der Waals surface area contributed by atoms with Crippen LogP contribution in [0.1, 0.15) is 28.5 Å². The topological polar surface area (TPSA) is 66.7 Å². The summed E-state index contributed by atoms with van der Waals surface area (Å²) in [6, 6.07) is 15.3. The number of fused-ring (bicyclic) bond motifs is 1. The van der Waals surface area contributed by atoms with Gasteiger partial charge in [-0.15, -0.1) is 0 Å². The summed E-state index contributed by atoms with van der Waals surface area (Å²) in [5, 5.41) is 4.92. The lowest BCUT2D eigenvalue weighted by Crippen LogP contribution is -2.51. The van der Waals surface area contributed by atoms with E-state index in [2.05, 4.69) is 12.1 Å². The number of aryl methyl sites for hydroxylation is 1. The fourth-order valence-electron chi connectivity index (χ4n) is 3.55. The number of rotatable bonds is 4. The number of carbonyl (C=O) groups is 2. The minimum absolute atomic E-state index is 0.0125. The first-order chi connectivity index (χ1) is 13.7. The Morgan fingerprint density at radius 3 is 2.36 bits per heavy atom. The zero-order valence-corrected chi connectivity index (χ0v) is 15.9. The monoisotopic (exact) mass is 377 g/mol. The van der Waals surface area contributed by atoms with Crippen molar-refractivity contribution in [2.75, 3.05) is 26.2 Å². The number of nitrogens with zero attached hydrogens (tertiary/aromatic N) is 3. The van der Waals surface area contributed by atoms with Crippen LogP contribution in [0.15, 0.2) is 53.1 Å². The lowest BCUT2D eigenvalue weighted by Gasteiger charge is -2.34. The molecule has 0 bridgehead atoms. The molecule has 2 amide bonds. The van der Waals surface area contributed by atoms with Gasteiger partial charge in [0.25, 0.3) is 5.91 Å². The van der Waals surface area contributed by atoms with Gasteiger partial charge in [-0.1, -0.05) is 36.3 Å². The Morgan fingerprint density at radius 2 is 1.64 bits per heavy atom. The fraction of sp³-hybridized carbons (Fsp3) is 0.318. The number of aromatic nitrogens is 1. The molecule has 4 rings (SSSR count). The highest BCUT2D eigenvalue weighted by Gasteiger charge is 2.25. The van der Waals surface area contributed by atoms with Gasteiger partial charge in [-0.2, -0.15) is 0 Å². The lowest BCUT2D eigenvalue weighted by molar-refractivity contribution is -0.132. The standard InChI is InChI=1S/C22H23N3O3/c1-2-16-7-9-17(10-8-16)22(27)25-13-11-24(12-14-25)21(26)15-19-18-5-3-4-6-20(18)28-23-19/h3-10H,2,11-15H2,1H3. The molecule has 1 aromatic heterocycles. The van der Waals surface area contributed by atoms with Crippen molar-refractivity contribution in [2.45, 2.75) is 19.8 Å². The van der Waals surface area contributed by atoms with E-state index in [-0.39, 0.29) is 18.2 Å². The van der Waals surface area contributed by atoms with E-state index in [1.54, 1.807) is 4.90 Å². The summed E-state index contributed by atoms with van der Waals surface area (Å²) in [6.45, 7) is 4.25. The molecule has 28 heavy (non-hydrogen) atoms. The van der Waals surface area contributed by atoms with Crippen LogP contribution in [-0.2, 0) is 17.6 Å². The molecule has 1 saturated heterocycles. The SMILES string of the molecule is CCc1ccc(C(=O)N2CCN(C(=O)Cc3noc4ccccc34)CC2)cc1. The van der Waals surface area contributed by atoms with Crippen LogP contribution in [0.4, 0.5) is 0 Å². The maximum Gasteiger partial charge on any atom is 0.253 e. The van der Waals surface area contributed by atoms with Crippen LogP contribution in [0.3, 0.4) is 0 Å². The molecule has 3 aromatic rings. The van der Waals surface area contributed by atoms with Crippen LogP contribution in [0, 0.1) is 0 Å². The molecule has 6 nitrogen and oxygen atoms in total. The molecule has 2 aromatic carbocycles.